The standard InChI is InChI=1S/C15H22Cl2N2/c1-10(2)13-8-18-15(3,4)9-19(13)12-7-5-6-11(16)14(12)17/h5-7,10,13,18H,8-9H2,1-4H3. The van der Waals surface area contributed by atoms with Gasteiger partial charge in [0, 0.05) is 24.7 Å². The van der Waals surface area contributed by atoms with Gasteiger partial charge in [0.1, 0.15) is 0 Å². The molecule has 0 spiro atoms. The fraction of sp³-hybridized carbons (Fsp3) is 0.600. The number of nitrogens with one attached hydrogen (secondary N) is 1. The summed E-state index contributed by atoms with van der Waals surface area (Å²) in [4.78, 5) is 2.40. The van der Waals surface area contributed by atoms with Crippen LogP contribution in [0.3, 0.4) is 0 Å². The third-order valence-electron chi connectivity index (χ3n) is 3.77. The first-order valence-electron chi connectivity index (χ1n) is 6.77. The predicted molar refractivity (Wildman–Crippen MR) is 84.5 cm³/mol. The van der Waals surface area contributed by atoms with Gasteiger partial charge in [0.2, 0.25) is 0 Å². The van der Waals surface area contributed by atoms with Gasteiger partial charge in [-0.3, -0.25) is 0 Å². The molecule has 1 aliphatic heterocycles. The van der Waals surface area contributed by atoms with Crippen LogP contribution in [-0.4, -0.2) is 24.7 Å². The number of benzene rings is 1. The van der Waals surface area contributed by atoms with E-state index in [-0.39, 0.29) is 5.54 Å². The van der Waals surface area contributed by atoms with E-state index < -0.39 is 0 Å². The third kappa shape index (κ3) is 3.18. The Bertz CT molecular complexity index is 457. The molecule has 1 saturated heterocycles. The molecular formula is C15H22Cl2N2. The lowest BCUT2D eigenvalue weighted by Gasteiger charge is -2.47. The normalized spacial score (nSPS) is 22.9. The highest BCUT2D eigenvalue weighted by molar-refractivity contribution is 6.43. The van der Waals surface area contributed by atoms with Crippen LogP contribution in [0.5, 0.6) is 0 Å². The van der Waals surface area contributed by atoms with Crippen LogP contribution in [-0.2, 0) is 0 Å². The summed E-state index contributed by atoms with van der Waals surface area (Å²) in [5.74, 6) is 0.554. The molecule has 1 unspecified atom stereocenters. The number of nitrogens with zero attached hydrogens (tertiary/aromatic N) is 1. The molecule has 1 N–H and O–H groups in total. The van der Waals surface area contributed by atoms with Crippen LogP contribution < -0.4 is 10.2 Å². The van der Waals surface area contributed by atoms with Crippen molar-refractivity contribution in [3.8, 4) is 0 Å². The van der Waals surface area contributed by atoms with Crippen molar-refractivity contribution in [2.24, 2.45) is 5.92 Å². The first kappa shape index (κ1) is 15.0. The molecular weight excluding hydrogens is 279 g/mol. The van der Waals surface area contributed by atoms with Crippen molar-refractivity contribution in [2.75, 3.05) is 18.0 Å². The van der Waals surface area contributed by atoms with Crippen molar-refractivity contribution in [3.05, 3.63) is 28.2 Å². The van der Waals surface area contributed by atoms with Gasteiger partial charge in [-0.15, -0.1) is 0 Å². The van der Waals surface area contributed by atoms with Crippen molar-refractivity contribution in [2.45, 2.75) is 39.3 Å². The largest absolute Gasteiger partial charge is 0.364 e. The summed E-state index contributed by atoms with van der Waals surface area (Å²) < 4.78 is 0. The van der Waals surface area contributed by atoms with E-state index in [9.17, 15) is 0 Å². The third-order valence-corrected chi connectivity index (χ3v) is 4.57. The zero-order chi connectivity index (χ0) is 14.2. The van der Waals surface area contributed by atoms with Gasteiger partial charge in [-0.1, -0.05) is 43.1 Å². The van der Waals surface area contributed by atoms with Crippen LogP contribution in [0.15, 0.2) is 18.2 Å². The monoisotopic (exact) mass is 300 g/mol. The highest BCUT2D eigenvalue weighted by Crippen LogP contribution is 2.36. The van der Waals surface area contributed by atoms with E-state index in [1.165, 1.54) is 0 Å². The summed E-state index contributed by atoms with van der Waals surface area (Å²) >= 11 is 12.6. The molecule has 19 heavy (non-hydrogen) atoms. The Kier molecular flexibility index (Phi) is 4.34. The van der Waals surface area contributed by atoms with Crippen LogP contribution in [0.25, 0.3) is 0 Å². The molecule has 4 heteroatoms. The maximum absolute atomic E-state index is 6.40. The van der Waals surface area contributed by atoms with Gasteiger partial charge in [0.25, 0.3) is 0 Å². The maximum atomic E-state index is 6.40. The summed E-state index contributed by atoms with van der Waals surface area (Å²) in [6, 6.07) is 6.30. The van der Waals surface area contributed by atoms with Gasteiger partial charge in [-0.2, -0.15) is 0 Å². The van der Waals surface area contributed by atoms with Crippen LogP contribution in [0, 0.1) is 5.92 Å². The molecule has 0 aromatic heterocycles. The average molecular weight is 301 g/mol. The van der Waals surface area contributed by atoms with Crippen molar-refractivity contribution in [1.82, 2.24) is 5.32 Å². The Morgan fingerprint density at radius 2 is 2.00 bits per heavy atom. The van der Waals surface area contributed by atoms with Gasteiger partial charge >= 0.3 is 0 Å². The zero-order valence-corrected chi connectivity index (χ0v) is 13.5. The van der Waals surface area contributed by atoms with E-state index >= 15 is 0 Å². The van der Waals surface area contributed by atoms with Crippen LogP contribution >= 0.6 is 23.2 Å². The lowest BCUT2D eigenvalue weighted by molar-refractivity contribution is 0.277. The van der Waals surface area contributed by atoms with E-state index in [0.717, 1.165) is 18.8 Å². The highest BCUT2D eigenvalue weighted by Gasteiger charge is 2.35. The van der Waals surface area contributed by atoms with E-state index in [1.54, 1.807) is 0 Å². The first-order chi connectivity index (χ1) is 8.82. The molecule has 1 aromatic carbocycles. The van der Waals surface area contributed by atoms with Crippen molar-refractivity contribution in [3.63, 3.8) is 0 Å². The molecule has 1 heterocycles. The van der Waals surface area contributed by atoms with Gasteiger partial charge < -0.3 is 10.2 Å². The molecule has 1 aliphatic rings. The van der Waals surface area contributed by atoms with Gasteiger partial charge in [-0.05, 0) is 31.9 Å². The summed E-state index contributed by atoms with van der Waals surface area (Å²) in [5, 5.41) is 4.89. The predicted octanol–water partition coefficient (Wildman–Crippen LogP) is 4.21. The first-order valence-corrected chi connectivity index (χ1v) is 7.53. The van der Waals surface area contributed by atoms with Crippen LogP contribution in [0.2, 0.25) is 10.0 Å². The summed E-state index contributed by atoms with van der Waals surface area (Å²) in [6.07, 6.45) is 0. The maximum Gasteiger partial charge on any atom is 0.0825 e. The Morgan fingerprint density at radius 1 is 1.32 bits per heavy atom. The molecule has 1 atom stereocenters. The van der Waals surface area contributed by atoms with E-state index in [1.807, 2.05) is 12.1 Å². The second-order valence-electron chi connectivity index (χ2n) is 6.28. The number of rotatable bonds is 2. The topological polar surface area (TPSA) is 15.3 Å². The second-order valence-corrected chi connectivity index (χ2v) is 7.06. The number of halogens is 2. The summed E-state index contributed by atoms with van der Waals surface area (Å²) in [6.45, 7) is 10.8. The van der Waals surface area contributed by atoms with Gasteiger partial charge in [0.15, 0.2) is 0 Å². The fourth-order valence-electron chi connectivity index (χ4n) is 2.66. The Labute approximate surface area is 126 Å². The lowest BCUT2D eigenvalue weighted by Crippen LogP contribution is -2.63. The molecule has 0 amide bonds. The van der Waals surface area contributed by atoms with Crippen LogP contribution in [0.4, 0.5) is 5.69 Å². The molecule has 2 nitrogen and oxygen atoms in total. The quantitative estimate of drug-likeness (QED) is 0.880. The molecule has 2 rings (SSSR count). The van der Waals surface area contributed by atoms with Crippen molar-refractivity contribution < 1.29 is 0 Å². The minimum Gasteiger partial charge on any atom is -0.364 e. The van der Waals surface area contributed by atoms with Crippen molar-refractivity contribution in [1.29, 1.82) is 0 Å². The van der Waals surface area contributed by atoms with E-state index in [2.05, 4.69) is 44.0 Å². The fourth-order valence-corrected chi connectivity index (χ4v) is 3.07. The molecule has 1 aromatic rings. The minimum atomic E-state index is 0.0804. The molecule has 106 valence electrons. The molecule has 0 bridgehead atoms. The Hall–Kier alpha value is -0.440. The summed E-state index contributed by atoms with van der Waals surface area (Å²) in [7, 11) is 0. The lowest BCUT2D eigenvalue weighted by atomic mass is 9.92. The SMILES string of the molecule is CC(C)C1CNC(C)(C)CN1c1cccc(Cl)c1Cl. The average Bonchev–Trinajstić information content (AvgIpc) is 2.31. The van der Waals surface area contributed by atoms with Gasteiger partial charge in [-0.25, -0.2) is 0 Å². The zero-order valence-electron chi connectivity index (χ0n) is 12.0. The molecule has 0 aliphatic carbocycles. The Balaban J connectivity index is 2.39. The van der Waals surface area contributed by atoms with Gasteiger partial charge in [0.05, 0.1) is 15.7 Å². The Morgan fingerprint density at radius 3 is 2.63 bits per heavy atom. The number of hydrogen-bond donors (Lipinski definition) is 1. The smallest absolute Gasteiger partial charge is 0.0825 e. The number of hydrogen-bond acceptors (Lipinski definition) is 2. The van der Waals surface area contributed by atoms with Crippen LogP contribution in [0.1, 0.15) is 27.7 Å². The highest BCUT2D eigenvalue weighted by atomic mass is 35.5. The number of anilines is 1. The molecule has 1 fully saturated rings. The number of piperazine rings is 1. The molecule has 0 radical (unpaired) electrons. The molecule has 0 saturated carbocycles. The van der Waals surface area contributed by atoms with E-state index in [0.29, 0.717) is 22.0 Å². The minimum absolute atomic E-state index is 0.0804. The second kappa shape index (κ2) is 5.51. The summed E-state index contributed by atoms with van der Waals surface area (Å²) in [5.41, 5.74) is 1.12. The van der Waals surface area contributed by atoms with Crippen molar-refractivity contribution >= 4 is 28.9 Å². The van der Waals surface area contributed by atoms with E-state index in [4.69, 9.17) is 23.2 Å².